The molecule has 0 atom stereocenters. The third kappa shape index (κ3) is 5.83. The van der Waals surface area contributed by atoms with E-state index in [4.69, 9.17) is 4.74 Å². The minimum atomic E-state index is -0.669. The molecule has 4 heterocycles. The first-order valence-corrected chi connectivity index (χ1v) is 11.4. The van der Waals surface area contributed by atoms with E-state index in [0.29, 0.717) is 30.0 Å². The predicted octanol–water partition coefficient (Wildman–Crippen LogP) is 3.17. The number of fused-ring (bicyclic) bond motifs is 1. The van der Waals surface area contributed by atoms with Gasteiger partial charge in [-0.05, 0) is 50.1 Å². The summed E-state index contributed by atoms with van der Waals surface area (Å²) >= 11 is 1.56. The van der Waals surface area contributed by atoms with Crippen LogP contribution in [0.1, 0.15) is 36.9 Å². The molecule has 10 heteroatoms. The fourth-order valence-electron chi connectivity index (χ4n) is 3.36. The van der Waals surface area contributed by atoms with Gasteiger partial charge in [0, 0.05) is 42.5 Å². The minimum absolute atomic E-state index is 0.0927. The summed E-state index contributed by atoms with van der Waals surface area (Å²) in [6, 6.07) is 1.80. The van der Waals surface area contributed by atoms with Crippen LogP contribution < -0.4 is 5.32 Å². The van der Waals surface area contributed by atoms with Crippen LogP contribution in [0.25, 0.3) is 12.2 Å². The van der Waals surface area contributed by atoms with Crippen LogP contribution in [0, 0.1) is 0 Å². The number of hydrogen-bond acceptors (Lipinski definition) is 7. The molecule has 2 aliphatic rings. The van der Waals surface area contributed by atoms with Crippen molar-refractivity contribution >= 4 is 47.2 Å². The van der Waals surface area contributed by atoms with Crippen molar-refractivity contribution in [1.82, 2.24) is 19.8 Å². The van der Waals surface area contributed by atoms with E-state index < -0.39 is 11.7 Å². The van der Waals surface area contributed by atoms with Crippen LogP contribution in [0.5, 0.6) is 0 Å². The molecule has 3 amide bonds. The van der Waals surface area contributed by atoms with Gasteiger partial charge in [0.25, 0.3) is 0 Å². The number of carbonyl (C=O) groups excluding carboxylic acids is 3. The van der Waals surface area contributed by atoms with Gasteiger partial charge in [0.15, 0.2) is 0 Å². The number of aromatic nitrogens is 2. The van der Waals surface area contributed by atoms with Gasteiger partial charge < -0.3 is 15.0 Å². The number of pyridine rings is 1. The number of likely N-dealkylation sites (tertiary alicyclic amines) is 1. The summed E-state index contributed by atoms with van der Waals surface area (Å²) in [6.07, 6.45) is 7.97. The Morgan fingerprint density at radius 1 is 1.15 bits per heavy atom. The summed E-state index contributed by atoms with van der Waals surface area (Å²) in [5.74, 6) is -0.0378. The van der Waals surface area contributed by atoms with Gasteiger partial charge in [-0.2, -0.15) is 0 Å². The fraction of sp³-hybridized carbons (Fsp3) is 0.348. The molecule has 1 N–H and O–H groups in total. The van der Waals surface area contributed by atoms with Crippen molar-refractivity contribution in [2.24, 2.45) is 0 Å². The first kappa shape index (κ1) is 22.7. The Bertz CT molecular complexity index is 1130. The highest BCUT2D eigenvalue weighted by molar-refractivity contribution is 7.10. The number of nitrogens with one attached hydrogen (secondary N) is 1. The Hall–Kier alpha value is -3.53. The number of rotatable bonds is 3. The lowest BCUT2D eigenvalue weighted by Crippen LogP contribution is -2.43. The number of amides is 3. The zero-order chi connectivity index (χ0) is 23.6. The highest BCUT2D eigenvalue weighted by Gasteiger charge is 2.28. The molecular weight excluding hydrogens is 442 g/mol. The summed E-state index contributed by atoms with van der Waals surface area (Å²) in [5.41, 5.74) is 1.86. The zero-order valence-electron chi connectivity index (χ0n) is 18.7. The van der Waals surface area contributed by atoms with E-state index in [1.807, 2.05) is 11.5 Å². The second-order valence-electron chi connectivity index (χ2n) is 8.86. The van der Waals surface area contributed by atoms with Crippen LogP contribution in [-0.2, 0) is 20.9 Å². The van der Waals surface area contributed by atoms with Gasteiger partial charge in [-0.25, -0.2) is 14.8 Å². The van der Waals surface area contributed by atoms with Crippen molar-refractivity contribution in [1.29, 1.82) is 0 Å². The maximum atomic E-state index is 12.5. The number of anilines is 1. The highest BCUT2D eigenvalue weighted by atomic mass is 32.1. The topological polar surface area (TPSA) is 105 Å². The Labute approximate surface area is 195 Å². The normalized spacial score (nSPS) is 16.1. The third-order valence-corrected chi connectivity index (χ3v) is 5.61. The first-order chi connectivity index (χ1) is 15.7. The Morgan fingerprint density at radius 3 is 2.64 bits per heavy atom. The van der Waals surface area contributed by atoms with Crippen molar-refractivity contribution in [3.8, 4) is 0 Å². The van der Waals surface area contributed by atoms with Crippen molar-refractivity contribution in [2.45, 2.75) is 32.9 Å². The van der Waals surface area contributed by atoms with Gasteiger partial charge in [0.05, 0.1) is 6.54 Å². The molecule has 0 unspecified atom stereocenters. The lowest BCUT2D eigenvalue weighted by atomic mass is 10.1. The van der Waals surface area contributed by atoms with E-state index in [1.54, 1.807) is 61.5 Å². The molecular formula is C23H25N5O4S. The van der Waals surface area contributed by atoms with E-state index in [-0.39, 0.29) is 24.9 Å². The van der Waals surface area contributed by atoms with Gasteiger partial charge in [0.1, 0.15) is 23.0 Å². The monoisotopic (exact) mass is 467 g/mol. The molecule has 1 saturated heterocycles. The molecule has 0 aromatic carbocycles. The molecule has 1 fully saturated rings. The number of ether oxygens (including phenoxy) is 1. The number of thiazole rings is 1. The molecule has 2 aromatic heterocycles. The number of hydrogen-bond donors (Lipinski definition) is 1. The molecule has 0 aliphatic carbocycles. The summed E-state index contributed by atoms with van der Waals surface area (Å²) in [6.45, 7) is 6.53. The van der Waals surface area contributed by atoms with Crippen LogP contribution in [0.3, 0.4) is 0 Å². The summed E-state index contributed by atoms with van der Waals surface area (Å²) < 4.78 is 5.41. The van der Waals surface area contributed by atoms with Crippen molar-refractivity contribution in [3.63, 3.8) is 0 Å². The quantitative estimate of drug-likeness (QED) is 0.696. The maximum absolute atomic E-state index is 12.5. The fourth-order valence-corrected chi connectivity index (χ4v) is 3.98. The second kappa shape index (κ2) is 9.14. The molecule has 2 aliphatic heterocycles. The number of carbonyl (C=O) groups is 3. The second-order valence-corrected chi connectivity index (χ2v) is 9.79. The smallest absolute Gasteiger partial charge is 0.411 e. The standard InChI is InChI=1S/C23H25N5O4S/c1-23(2,3)32-22(31)28-13-17-8-15(10-25-21(17)26-18(29)14-28)4-5-20(30)27-11-16(12-27)9-19-24-6-7-33-19/h4-10H,11-14H2,1-3H3,(H,25,26,29). The molecule has 0 spiro atoms. The zero-order valence-corrected chi connectivity index (χ0v) is 19.5. The van der Waals surface area contributed by atoms with Crippen LogP contribution in [0.4, 0.5) is 10.6 Å². The maximum Gasteiger partial charge on any atom is 0.411 e. The van der Waals surface area contributed by atoms with Crippen LogP contribution >= 0.6 is 11.3 Å². The van der Waals surface area contributed by atoms with E-state index in [9.17, 15) is 14.4 Å². The SMILES string of the molecule is CC(C)(C)OC(=O)N1CC(=O)Nc2ncc(C=CC(=O)N3CC(=Cc4nccs4)C3)cc2C1. The third-order valence-electron chi connectivity index (χ3n) is 4.89. The molecule has 9 nitrogen and oxygen atoms in total. The van der Waals surface area contributed by atoms with E-state index >= 15 is 0 Å². The van der Waals surface area contributed by atoms with Crippen molar-refractivity contribution < 1.29 is 19.1 Å². The van der Waals surface area contributed by atoms with Gasteiger partial charge >= 0.3 is 6.09 Å². The summed E-state index contributed by atoms with van der Waals surface area (Å²) in [4.78, 5) is 48.7. The van der Waals surface area contributed by atoms with Gasteiger partial charge in [-0.3, -0.25) is 14.5 Å². The van der Waals surface area contributed by atoms with Gasteiger partial charge in [0.2, 0.25) is 11.8 Å². The Balaban J connectivity index is 1.41. The van der Waals surface area contributed by atoms with Gasteiger partial charge in [-0.1, -0.05) is 0 Å². The average molecular weight is 468 g/mol. The van der Waals surface area contributed by atoms with E-state index in [0.717, 1.165) is 10.6 Å². The molecule has 0 radical (unpaired) electrons. The predicted molar refractivity (Wildman–Crippen MR) is 125 cm³/mol. The van der Waals surface area contributed by atoms with Crippen LogP contribution in [-0.4, -0.2) is 62.9 Å². The van der Waals surface area contributed by atoms with E-state index in [2.05, 4.69) is 15.3 Å². The lowest BCUT2D eigenvalue weighted by Gasteiger charge is -2.33. The lowest BCUT2D eigenvalue weighted by molar-refractivity contribution is -0.127. The van der Waals surface area contributed by atoms with Crippen molar-refractivity contribution in [3.05, 3.63) is 51.6 Å². The molecule has 0 saturated carbocycles. The minimum Gasteiger partial charge on any atom is -0.444 e. The average Bonchev–Trinajstić information content (AvgIpc) is 3.15. The van der Waals surface area contributed by atoms with Crippen LogP contribution in [0.15, 0.2) is 35.5 Å². The molecule has 4 rings (SSSR count). The van der Waals surface area contributed by atoms with Gasteiger partial charge in [-0.15, -0.1) is 11.3 Å². The molecule has 172 valence electrons. The van der Waals surface area contributed by atoms with E-state index in [1.165, 1.54) is 11.0 Å². The van der Waals surface area contributed by atoms with Crippen molar-refractivity contribution in [2.75, 3.05) is 25.0 Å². The summed E-state index contributed by atoms with van der Waals surface area (Å²) in [5, 5.41) is 5.57. The highest BCUT2D eigenvalue weighted by Crippen LogP contribution is 2.23. The Morgan fingerprint density at radius 2 is 1.94 bits per heavy atom. The molecule has 0 bridgehead atoms. The number of nitrogens with zero attached hydrogens (tertiary/aromatic N) is 4. The largest absolute Gasteiger partial charge is 0.444 e. The summed E-state index contributed by atoms with van der Waals surface area (Å²) in [7, 11) is 0. The Kier molecular flexibility index (Phi) is 6.28. The molecule has 33 heavy (non-hydrogen) atoms. The van der Waals surface area contributed by atoms with Crippen LogP contribution in [0.2, 0.25) is 0 Å². The first-order valence-electron chi connectivity index (χ1n) is 10.5. The molecule has 2 aromatic rings.